The van der Waals surface area contributed by atoms with Gasteiger partial charge in [-0.25, -0.2) is 0 Å². The highest BCUT2D eigenvalue weighted by Gasteiger charge is 2.52. The van der Waals surface area contributed by atoms with Crippen molar-refractivity contribution >= 4 is 12.7 Å². The molecule has 1 N–H and O–H groups in total. The van der Waals surface area contributed by atoms with E-state index in [9.17, 15) is 4.79 Å². The van der Waals surface area contributed by atoms with Crippen molar-refractivity contribution in [2.45, 2.75) is 38.9 Å². The number of nitrogens with one attached hydrogen (secondary N) is 1. The molecule has 114 valence electrons. The number of hydrogen-bond donors (Lipinski definition) is 1. The third kappa shape index (κ3) is 2.49. The van der Waals surface area contributed by atoms with E-state index in [2.05, 4.69) is 9.97 Å². The Hall–Kier alpha value is -1.92. The van der Waals surface area contributed by atoms with E-state index in [-0.39, 0.29) is 5.56 Å². The summed E-state index contributed by atoms with van der Waals surface area (Å²) in [5.41, 5.74) is 1.15. The van der Waals surface area contributed by atoms with Gasteiger partial charge in [0.2, 0.25) is 5.56 Å². The predicted octanol–water partition coefficient (Wildman–Crippen LogP) is 1.74. The Balaban J connectivity index is 2.05. The van der Waals surface area contributed by atoms with Crippen LogP contribution in [0.3, 0.4) is 0 Å². The van der Waals surface area contributed by atoms with Crippen molar-refractivity contribution in [2.75, 3.05) is 0 Å². The number of hydrogen-bond acceptors (Lipinski definition) is 4. The number of rotatable bonds is 2. The van der Waals surface area contributed by atoms with Gasteiger partial charge in [0.05, 0.1) is 16.8 Å². The highest BCUT2D eigenvalue weighted by Crippen LogP contribution is 2.36. The number of H-pyrrole nitrogens is 1. The first kappa shape index (κ1) is 15.0. The molecule has 22 heavy (non-hydrogen) atoms. The maximum atomic E-state index is 11.6. The average molecular weight is 298 g/mol. The molecular formula is C16H19BN2O3. The molecule has 0 aliphatic carbocycles. The molecule has 0 aromatic carbocycles. The van der Waals surface area contributed by atoms with Gasteiger partial charge >= 0.3 is 7.12 Å². The Morgan fingerprint density at radius 1 is 1.05 bits per heavy atom. The lowest BCUT2D eigenvalue weighted by atomic mass is 9.80. The summed E-state index contributed by atoms with van der Waals surface area (Å²) in [7, 11) is -0.565. The van der Waals surface area contributed by atoms with E-state index in [0.29, 0.717) is 11.3 Å². The van der Waals surface area contributed by atoms with Crippen LogP contribution in [-0.4, -0.2) is 28.3 Å². The number of aromatic nitrogens is 2. The summed E-state index contributed by atoms with van der Waals surface area (Å²) in [6.45, 7) is 8.00. The minimum absolute atomic E-state index is 0.152. The zero-order valence-corrected chi connectivity index (χ0v) is 13.2. The van der Waals surface area contributed by atoms with Crippen molar-refractivity contribution in [3.05, 3.63) is 46.9 Å². The van der Waals surface area contributed by atoms with Crippen molar-refractivity contribution in [1.29, 1.82) is 0 Å². The van der Waals surface area contributed by atoms with Crippen LogP contribution in [0.15, 0.2) is 41.3 Å². The van der Waals surface area contributed by atoms with Crippen LogP contribution in [-0.2, 0) is 9.31 Å². The third-order valence-corrected chi connectivity index (χ3v) is 4.37. The van der Waals surface area contributed by atoms with Crippen LogP contribution in [0, 0.1) is 0 Å². The lowest BCUT2D eigenvalue weighted by molar-refractivity contribution is 0.00578. The van der Waals surface area contributed by atoms with Gasteiger partial charge in [-0.1, -0.05) is 12.1 Å². The van der Waals surface area contributed by atoms with Gasteiger partial charge < -0.3 is 14.3 Å². The summed E-state index contributed by atoms with van der Waals surface area (Å²) in [5, 5.41) is 0. The van der Waals surface area contributed by atoms with Crippen LogP contribution < -0.4 is 11.2 Å². The van der Waals surface area contributed by atoms with Crippen molar-refractivity contribution in [3.8, 4) is 11.3 Å². The van der Waals surface area contributed by atoms with Gasteiger partial charge in [0.25, 0.3) is 0 Å². The Labute approximate surface area is 129 Å². The van der Waals surface area contributed by atoms with Gasteiger partial charge in [-0.15, -0.1) is 0 Å². The smallest absolute Gasteiger partial charge is 0.398 e. The minimum atomic E-state index is -0.565. The molecule has 0 radical (unpaired) electrons. The summed E-state index contributed by atoms with van der Waals surface area (Å²) < 4.78 is 12.1. The molecule has 0 amide bonds. The minimum Gasteiger partial charge on any atom is -0.398 e. The van der Waals surface area contributed by atoms with Crippen LogP contribution in [0.25, 0.3) is 11.3 Å². The third-order valence-electron chi connectivity index (χ3n) is 4.37. The van der Waals surface area contributed by atoms with Crippen LogP contribution in [0.2, 0.25) is 0 Å². The fourth-order valence-corrected chi connectivity index (χ4v) is 2.39. The van der Waals surface area contributed by atoms with E-state index >= 15 is 0 Å². The lowest BCUT2D eigenvalue weighted by Gasteiger charge is -2.32. The normalized spacial score (nSPS) is 19.4. The van der Waals surface area contributed by atoms with Gasteiger partial charge in [-0.05, 0) is 39.8 Å². The quantitative estimate of drug-likeness (QED) is 0.858. The fraction of sp³-hybridized carbons (Fsp3) is 0.375. The Kier molecular flexibility index (Phi) is 3.46. The molecule has 1 fully saturated rings. The lowest BCUT2D eigenvalue weighted by Crippen LogP contribution is -2.41. The molecule has 1 saturated heterocycles. The highest BCUT2D eigenvalue weighted by atomic mass is 16.7. The molecule has 5 nitrogen and oxygen atoms in total. The number of nitrogens with zero attached hydrogens (tertiary/aromatic N) is 1. The first-order chi connectivity index (χ1) is 10.3. The summed E-state index contributed by atoms with van der Waals surface area (Å²) in [6, 6.07) is 8.77. The summed E-state index contributed by atoms with van der Waals surface area (Å²) in [5.74, 6) is 0. The first-order valence-electron chi connectivity index (χ1n) is 7.30. The van der Waals surface area contributed by atoms with E-state index in [1.807, 2.05) is 45.9 Å². The van der Waals surface area contributed by atoms with Gasteiger partial charge in [0.1, 0.15) is 0 Å². The molecule has 2 aromatic heterocycles. The van der Waals surface area contributed by atoms with Gasteiger partial charge in [-0.3, -0.25) is 9.78 Å². The second-order valence-electron chi connectivity index (χ2n) is 6.45. The van der Waals surface area contributed by atoms with Crippen molar-refractivity contribution < 1.29 is 9.31 Å². The Morgan fingerprint density at radius 2 is 1.73 bits per heavy atom. The van der Waals surface area contributed by atoms with Gasteiger partial charge in [-0.2, -0.15) is 0 Å². The van der Waals surface area contributed by atoms with Crippen LogP contribution in [0.4, 0.5) is 0 Å². The molecule has 3 rings (SSSR count). The topological polar surface area (TPSA) is 64.2 Å². The maximum absolute atomic E-state index is 11.6. The molecule has 3 heterocycles. The van der Waals surface area contributed by atoms with Crippen molar-refractivity contribution in [1.82, 2.24) is 9.97 Å². The van der Waals surface area contributed by atoms with Crippen LogP contribution in [0.5, 0.6) is 0 Å². The molecule has 0 unspecified atom stereocenters. The zero-order chi connectivity index (χ0) is 16.0. The van der Waals surface area contributed by atoms with Crippen molar-refractivity contribution in [2.24, 2.45) is 0 Å². The fourth-order valence-electron chi connectivity index (χ4n) is 2.39. The summed E-state index contributed by atoms with van der Waals surface area (Å²) in [6.07, 6.45) is 1.70. The molecule has 0 atom stereocenters. The second kappa shape index (κ2) is 5.07. The molecular weight excluding hydrogens is 279 g/mol. The van der Waals surface area contributed by atoms with E-state index in [4.69, 9.17) is 9.31 Å². The van der Waals surface area contributed by atoms with Gasteiger partial charge in [0, 0.05) is 23.5 Å². The second-order valence-corrected chi connectivity index (χ2v) is 6.45. The molecule has 0 saturated carbocycles. The molecule has 6 heteroatoms. The average Bonchev–Trinajstić information content (AvgIpc) is 2.67. The monoisotopic (exact) mass is 298 g/mol. The summed E-state index contributed by atoms with van der Waals surface area (Å²) >= 11 is 0. The molecule has 0 spiro atoms. The van der Waals surface area contributed by atoms with Gasteiger partial charge in [0.15, 0.2) is 0 Å². The van der Waals surface area contributed by atoms with E-state index in [0.717, 1.165) is 5.56 Å². The van der Waals surface area contributed by atoms with Crippen LogP contribution in [0.1, 0.15) is 27.7 Å². The summed E-state index contributed by atoms with van der Waals surface area (Å²) in [4.78, 5) is 18.8. The Morgan fingerprint density at radius 3 is 2.36 bits per heavy atom. The Bertz CT molecular complexity index is 739. The van der Waals surface area contributed by atoms with Crippen molar-refractivity contribution in [3.63, 3.8) is 0 Å². The number of aromatic amines is 1. The molecule has 2 aromatic rings. The molecule has 1 aliphatic rings. The standard InChI is InChI=1S/C16H19BN2O3/c1-15(2)16(3,4)22-17(21-15)14-11(7-6-10-18-14)12-8-5-9-13(20)19-12/h5-10H,1-4H3,(H,19,20). The zero-order valence-electron chi connectivity index (χ0n) is 13.2. The molecule has 0 bridgehead atoms. The largest absolute Gasteiger partial charge is 0.515 e. The highest BCUT2D eigenvalue weighted by molar-refractivity contribution is 6.62. The first-order valence-corrected chi connectivity index (χ1v) is 7.30. The molecule has 1 aliphatic heterocycles. The van der Waals surface area contributed by atoms with E-state index < -0.39 is 18.3 Å². The van der Waals surface area contributed by atoms with Crippen LogP contribution >= 0.6 is 0 Å². The number of pyridine rings is 2. The SMILES string of the molecule is CC1(C)OB(c2ncccc2-c2cccc(=O)[nH]2)OC1(C)C. The predicted molar refractivity (Wildman–Crippen MR) is 86.0 cm³/mol. The maximum Gasteiger partial charge on any atom is 0.515 e. The van der Waals surface area contributed by atoms with E-state index in [1.54, 1.807) is 12.3 Å². The van der Waals surface area contributed by atoms with E-state index in [1.165, 1.54) is 6.07 Å².